The Kier molecular flexibility index (Phi) is 6.76. The second kappa shape index (κ2) is 10.3. The van der Waals surface area contributed by atoms with E-state index >= 15 is 0 Å². The molecule has 0 saturated carbocycles. The molecule has 9 heteroatoms. The second-order valence-corrected chi connectivity index (χ2v) is 9.31. The zero-order chi connectivity index (χ0) is 24.2. The van der Waals surface area contributed by atoms with Crippen LogP contribution >= 0.6 is 11.8 Å². The monoisotopic (exact) mass is 491 g/mol. The van der Waals surface area contributed by atoms with Crippen LogP contribution in [0.4, 0.5) is 0 Å². The molecule has 0 unspecified atom stereocenters. The van der Waals surface area contributed by atoms with Crippen molar-refractivity contribution >= 4 is 28.6 Å². The van der Waals surface area contributed by atoms with Gasteiger partial charge in [0.05, 0.1) is 29.5 Å². The predicted molar refractivity (Wildman–Crippen MR) is 133 cm³/mol. The number of furan rings is 1. The summed E-state index contributed by atoms with van der Waals surface area (Å²) in [5, 5.41) is 3.90. The number of thioether (sulfide) groups is 1. The minimum Gasteiger partial charge on any atom is -0.467 e. The summed E-state index contributed by atoms with van der Waals surface area (Å²) in [5.41, 5.74) is 1.50. The molecule has 35 heavy (non-hydrogen) atoms. The SMILES string of the molecule is C[C@H](CCc1ccccc1)NC(=O)CSc1nc2cc3c(cc2c(=O)n1Cc1ccco1)OCO3. The van der Waals surface area contributed by atoms with Gasteiger partial charge in [-0.25, -0.2) is 4.98 Å². The largest absolute Gasteiger partial charge is 0.467 e. The number of carbonyl (C=O) groups is 1. The minimum absolute atomic E-state index is 0.0258. The lowest BCUT2D eigenvalue weighted by Crippen LogP contribution is -2.34. The van der Waals surface area contributed by atoms with Gasteiger partial charge >= 0.3 is 0 Å². The standard InChI is InChI=1S/C26H25N3O5S/c1-17(9-10-18-6-3-2-4-7-18)27-24(30)15-35-26-28-21-13-23-22(33-16-34-23)12-20(21)25(31)29(26)14-19-8-5-11-32-19/h2-8,11-13,17H,9-10,14-16H2,1H3,(H,27,30)/t17-/m1/s1. The van der Waals surface area contributed by atoms with Crippen molar-refractivity contribution in [1.82, 2.24) is 14.9 Å². The van der Waals surface area contributed by atoms with Gasteiger partial charge in [-0.15, -0.1) is 0 Å². The molecule has 1 amide bonds. The van der Waals surface area contributed by atoms with Crippen molar-refractivity contribution in [2.75, 3.05) is 12.5 Å². The lowest BCUT2D eigenvalue weighted by atomic mass is 10.1. The Bertz CT molecular complexity index is 1390. The van der Waals surface area contributed by atoms with Crippen LogP contribution < -0.4 is 20.3 Å². The highest BCUT2D eigenvalue weighted by Crippen LogP contribution is 2.35. The van der Waals surface area contributed by atoms with Crippen LogP contribution in [0.2, 0.25) is 0 Å². The van der Waals surface area contributed by atoms with Crippen LogP contribution in [0.1, 0.15) is 24.7 Å². The zero-order valence-electron chi connectivity index (χ0n) is 19.2. The smallest absolute Gasteiger partial charge is 0.262 e. The van der Waals surface area contributed by atoms with Crippen LogP contribution in [0, 0.1) is 0 Å². The molecule has 1 aliphatic rings. The molecule has 0 fully saturated rings. The van der Waals surface area contributed by atoms with E-state index < -0.39 is 0 Å². The lowest BCUT2D eigenvalue weighted by Gasteiger charge is -2.15. The molecule has 4 aromatic rings. The van der Waals surface area contributed by atoms with Crippen LogP contribution in [-0.4, -0.2) is 34.0 Å². The Balaban J connectivity index is 1.32. The first kappa shape index (κ1) is 23.0. The van der Waals surface area contributed by atoms with Crippen LogP contribution in [0.15, 0.2) is 75.2 Å². The number of nitrogens with zero attached hydrogens (tertiary/aromatic N) is 2. The molecule has 0 spiro atoms. The molecule has 0 bridgehead atoms. The van der Waals surface area contributed by atoms with Crippen molar-refractivity contribution in [2.24, 2.45) is 0 Å². The van der Waals surface area contributed by atoms with E-state index in [0.717, 1.165) is 12.8 Å². The minimum atomic E-state index is -0.233. The Hall–Kier alpha value is -3.72. The fraction of sp³-hybridized carbons (Fsp3) is 0.269. The first-order valence-corrected chi connectivity index (χ1v) is 12.4. The molecule has 5 rings (SSSR count). The number of ether oxygens (including phenoxy) is 2. The van der Waals surface area contributed by atoms with E-state index in [1.165, 1.54) is 21.9 Å². The van der Waals surface area contributed by atoms with E-state index in [1.54, 1.807) is 30.5 Å². The summed E-state index contributed by atoms with van der Waals surface area (Å²) in [5.74, 6) is 1.71. The molecular formula is C26H25N3O5S. The van der Waals surface area contributed by atoms with E-state index in [0.29, 0.717) is 33.3 Å². The van der Waals surface area contributed by atoms with Gasteiger partial charge in [0, 0.05) is 12.1 Å². The number of aryl methyl sites for hydroxylation is 1. The second-order valence-electron chi connectivity index (χ2n) is 8.37. The molecule has 0 radical (unpaired) electrons. The maximum Gasteiger partial charge on any atom is 0.262 e. The summed E-state index contributed by atoms with van der Waals surface area (Å²) >= 11 is 1.22. The van der Waals surface area contributed by atoms with Gasteiger partial charge in [0.25, 0.3) is 5.56 Å². The lowest BCUT2D eigenvalue weighted by molar-refractivity contribution is -0.119. The number of rotatable bonds is 9. The third-order valence-corrected chi connectivity index (χ3v) is 6.73. The first-order chi connectivity index (χ1) is 17.1. The third-order valence-electron chi connectivity index (χ3n) is 5.76. The summed E-state index contributed by atoms with van der Waals surface area (Å²) in [7, 11) is 0. The van der Waals surface area contributed by atoms with Gasteiger partial charge in [-0.3, -0.25) is 14.2 Å². The maximum absolute atomic E-state index is 13.4. The van der Waals surface area contributed by atoms with Gasteiger partial charge in [0.15, 0.2) is 16.7 Å². The Morgan fingerprint density at radius 2 is 1.94 bits per heavy atom. The molecule has 1 atom stereocenters. The van der Waals surface area contributed by atoms with Crippen molar-refractivity contribution in [2.45, 2.75) is 37.5 Å². The summed E-state index contributed by atoms with van der Waals surface area (Å²) in [6.45, 7) is 2.31. The fourth-order valence-corrected chi connectivity index (χ4v) is 4.76. The van der Waals surface area contributed by atoms with E-state index in [2.05, 4.69) is 22.4 Å². The van der Waals surface area contributed by atoms with Gasteiger partial charge in [0.2, 0.25) is 12.7 Å². The molecule has 1 N–H and O–H groups in total. The Morgan fingerprint density at radius 1 is 1.14 bits per heavy atom. The Labute approximate surface area is 206 Å². The molecule has 2 aromatic heterocycles. The molecule has 1 aliphatic heterocycles. The number of nitrogens with one attached hydrogen (secondary N) is 1. The summed E-state index contributed by atoms with van der Waals surface area (Å²) in [6, 6.07) is 17.1. The highest BCUT2D eigenvalue weighted by molar-refractivity contribution is 7.99. The highest BCUT2D eigenvalue weighted by Gasteiger charge is 2.20. The molecular weight excluding hydrogens is 466 g/mol. The van der Waals surface area contributed by atoms with Crippen LogP contribution in [0.3, 0.4) is 0 Å². The molecule has 0 aliphatic carbocycles. The van der Waals surface area contributed by atoms with Gasteiger partial charge < -0.3 is 19.2 Å². The fourth-order valence-electron chi connectivity index (χ4n) is 3.95. The van der Waals surface area contributed by atoms with E-state index in [4.69, 9.17) is 13.9 Å². The van der Waals surface area contributed by atoms with E-state index in [1.807, 2.05) is 25.1 Å². The maximum atomic E-state index is 13.4. The normalized spacial score (nSPS) is 13.2. The van der Waals surface area contributed by atoms with Crippen molar-refractivity contribution in [1.29, 1.82) is 0 Å². The zero-order valence-corrected chi connectivity index (χ0v) is 20.0. The van der Waals surface area contributed by atoms with E-state index in [9.17, 15) is 9.59 Å². The number of fused-ring (bicyclic) bond motifs is 2. The number of amides is 1. The molecule has 0 saturated heterocycles. The van der Waals surface area contributed by atoms with Gasteiger partial charge in [-0.05, 0) is 43.5 Å². The summed E-state index contributed by atoms with van der Waals surface area (Å²) < 4.78 is 17.9. The average Bonchev–Trinajstić information content (AvgIpc) is 3.55. The highest BCUT2D eigenvalue weighted by atomic mass is 32.2. The Morgan fingerprint density at radius 3 is 2.71 bits per heavy atom. The average molecular weight is 492 g/mol. The van der Waals surface area contributed by atoms with Gasteiger partial charge in [-0.1, -0.05) is 42.1 Å². The van der Waals surface area contributed by atoms with Crippen molar-refractivity contribution in [3.8, 4) is 11.5 Å². The molecule has 3 heterocycles. The number of carbonyl (C=O) groups excluding carboxylic acids is 1. The number of hydrogen-bond acceptors (Lipinski definition) is 7. The first-order valence-electron chi connectivity index (χ1n) is 11.4. The van der Waals surface area contributed by atoms with E-state index in [-0.39, 0.29) is 36.6 Å². The molecule has 8 nitrogen and oxygen atoms in total. The summed E-state index contributed by atoms with van der Waals surface area (Å²) in [4.78, 5) is 30.7. The topological polar surface area (TPSA) is 95.6 Å². The van der Waals surface area contributed by atoms with Crippen molar-refractivity contribution < 1.29 is 18.7 Å². The van der Waals surface area contributed by atoms with Crippen molar-refractivity contribution in [3.63, 3.8) is 0 Å². The van der Waals surface area contributed by atoms with Crippen LogP contribution in [-0.2, 0) is 17.8 Å². The number of aromatic nitrogens is 2. The summed E-state index contributed by atoms with van der Waals surface area (Å²) in [6.07, 6.45) is 3.29. The number of benzene rings is 2. The quantitative estimate of drug-likeness (QED) is 0.279. The molecule has 2 aromatic carbocycles. The third kappa shape index (κ3) is 5.35. The number of hydrogen-bond donors (Lipinski definition) is 1. The van der Waals surface area contributed by atoms with Gasteiger partial charge in [-0.2, -0.15) is 0 Å². The van der Waals surface area contributed by atoms with Gasteiger partial charge in [0.1, 0.15) is 5.76 Å². The van der Waals surface area contributed by atoms with Crippen molar-refractivity contribution in [3.05, 3.63) is 82.5 Å². The predicted octanol–water partition coefficient (Wildman–Crippen LogP) is 4.00. The van der Waals surface area contributed by atoms with Crippen LogP contribution in [0.25, 0.3) is 10.9 Å². The van der Waals surface area contributed by atoms with Crippen LogP contribution in [0.5, 0.6) is 11.5 Å². The molecule has 180 valence electrons.